The summed E-state index contributed by atoms with van der Waals surface area (Å²) in [5.74, 6) is -2.16. The van der Waals surface area contributed by atoms with E-state index in [1.54, 1.807) is 14.0 Å². The maximum absolute atomic E-state index is 13.6. The number of methoxy groups -OCH3 is 2. The molecule has 2 bridgehead atoms. The first-order valence-corrected chi connectivity index (χ1v) is 10.9. The minimum atomic E-state index is -1.55. The van der Waals surface area contributed by atoms with Crippen LogP contribution in [0.2, 0.25) is 0 Å². The molecular weight excluding hydrogens is 384 g/mol. The first-order chi connectivity index (χ1) is 14.0. The largest absolute Gasteiger partial charge is 0.388 e. The predicted octanol–water partition coefficient (Wildman–Crippen LogP) is 2.49. The van der Waals surface area contributed by atoms with Crippen LogP contribution < -0.4 is 0 Å². The third-order valence-electron chi connectivity index (χ3n) is 9.10. The third-order valence-corrected chi connectivity index (χ3v) is 9.10. The number of ether oxygens (including phenoxy) is 3. The first-order valence-electron chi connectivity index (χ1n) is 10.9. The highest BCUT2D eigenvalue weighted by atomic mass is 16.7. The van der Waals surface area contributed by atoms with Crippen molar-refractivity contribution in [2.45, 2.75) is 64.6 Å². The van der Waals surface area contributed by atoms with E-state index in [2.05, 4.69) is 6.58 Å². The molecule has 6 nitrogen and oxygen atoms in total. The van der Waals surface area contributed by atoms with Gasteiger partial charge in [0.05, 0.1) is 18.8 Å². The maximum atomic E-state index is 13.6. The van der Waals surface area contributed by atoms with Gasteiger partial charge in [0.1, 0.15) is 17.3 Å². The van der Waals surface area contributed by atoms with E-state index in [1.165, 1.54) is 7.11 Å². The van der Waals surface area contributed by atoms with Crippen LogP contribution in [0.4, 0.5) is 0 Å². The van der Waals surface area contributed by atoms with Gasteiger partial charge in [-0.2, -0.15) is 0 Å². The molecule has 0 aromatic rings. The van der Waals surface area contributed by atoms with Crippen molar-refractivity contribution in [1.29, 1.82) is 0 Å². The molecule has 0 unspecified atom stereocenters. The van der Waals surface area contributed by atoms with E-state index in [1.807, 2.05) is 32.9 Å². The fraction of sp³-hybridized carbons (Fsp3) is 0.792. The molecule has 0 aromatic heterocycles. The molecule has 2 N–H and O–H groups in total. The van der Waals surface area contributed by atoms with Gasteiger partial charge in [-0.15, -0.1) is 0 Å². The summed E-state index contributed by atoms with van der Waals surface area (Å²) in [7, 11) is 3.12. The predicted molar refractivity (Wildman–Crippen MR) is 111 cm³/mol. The second-order valence-electron chi connectivity index (χ2n) is 10.5. The Morgan fingerprint density at radius 1 is 1.20 bits per heavy atom. The number of aliphatic hydroxyl groups excluding tert-OH is 2. The van der Waals surface area contributed by atoms with Crippen LogP contribution in [0.25, 0.3) is 0 Å². The van der Waals surface area contributed by atoms with Crippen LogP contribution in [-0.4, -0.2) is 60.9 Å². The number of Topliss-reactive ketones (excluding diaryl/α,β-unsaturated/α-hetero) is 1. The van der Waals surface area contributed by atoms with Crippen LogP contribution in [0.5, 0.6) is 0 Å². The number of rotatable bonds is 4. The average molecular weight is 421 g/mol. The van der Waals surface area contributed by atoms with Gasteiger partial charge in [-0.3, -0.25) is 4.79 Å². The van der Waals surface area contributed by atoms with Crippen molar-refractivity contribution in [1.82, 2.24) is 0 Å². The molecule has 5 aliphatic rings. The lowest BCUT2D eigenvalue weighted by molar-refractivity contribution is -0.449. The molecule has 1 spiro atoms. The lowest BCUT2D eigenvalue weighted by Gasteiger charge is -2.75. The van der Waals surface area contributed by atoms with Crippen molar-refractivity contribution >= 4 is 5.78 Å². The Balaban J connectivity index is 2.05. The highest BCUT2D eigenvalue weighted by Gasteiger charge is 2.83. The molecule has 2 aliphatic heterocycles. The zero-order valence-electron chi connectivity index (χ0n) is 19.0. The van der Waals surface area contributed by atoms with E-state index in [-0.39, 0.29) is 23.5 Å². The summed E-state index contributed by atoms with van der Waals surface area (Å²) in [6.07, 6.45) is 3.10. The van der Waals surface area contributed by atoms with Crippen LogP contribution in [0.15, 0.2) is 24.3 Å². The standard InChI is InChI=1S/C24H36O6/c1-13(2)15-8-9-16-22-11-10-17(26)21(4,5)18(22)19(27)24(29-7,30-12-22)23(16,14(3)25)20(15)28-6/h10-11,15-20,26-27H,1,8-9,12H2,2-7H3/t15-,16-,17-,18+,19-,20+,22+,23+,24-/m0/s1. The Morgan fingerprint density at radius 3 is 2.40 bits per heavy atom. The fourth-order valence-corrected chi connectivity index (χ4v) is 7.94. The van der Waals surface area contributed by atoms with Crippen LogP contribution >= 0.6 is 0 Å². The molecule has 4 fully saturated rings. The molecule has 9 atom stereocenters. The SMILES string of the molecule is C=C(C)[C@@H]1CC[C@H]2[C@]34C=C[C@H](O)C(C)(C)[C@H]3[C@H](O)[C@](OC)(OC4)[C@@]2(C(C)=O)[C@@H]1OC. The lowest BCUT2D eigenvalue weighted by atomic mass is 9.35. The van der Waals surface area contributed by atoms with Crippen molar-refractivity contribution in [2.75, 3.05) is 20.8 Å². The summed E-state index contributed by atoms with van der Waals surface area (Å²) in [5.41, 5.74) is -1.44. The Labute approximate surface area is 179 Å². The van der Waals surface area contributed by atoms with E-state index >= 15 is 0 Å². The molecule has 0 aromatic carbocycles. The first kappa shape index (κ1) is 22.2. The van der Waals surface area contributed by atoms with Gasteiger partial charge in [-0.1, -0.05) is 38.2 Å². The minimum absolute atomic E-state index is 0.0432. The van der Waals surface area contributed by atoms with Crippen LogP contribution in [0, 0.1) is 34.0 Å². The van der Waals surface area contributed by atoms with Crippen molar-refractivity contribution in [3.63, 3.8) is 0 Å². The van der Waals surface area contributed by atoms with Crippen molar-refractivity contribution in [3.8, 4) is 0 Å². The molecule has 5 rings (SSSR count). The zero-order valence-corrected chi connectivity index (χ0v) is 19.0. The lowest BCUT2D eigenvalue weighted by Crippen LogP contribution is -2.85. The molecular formula is C24H36O6. The van der Waals surface area contributed by atoms with Gasteiger partial charge in [0, 0.05) is 36.9 Å². The number of aliphatic hydroxyl groups is 2. The quantitative estimate of drug-likeness (QED) is 0.680. The normalized spacial score (nSPS) is 51.2. The summed E-state index contributed by atoms with van der Waals surface area (Å²) in [4.78, 5) is 13.6. The number of hydrogen-bond acceptors (Lipinski definition) is 6. The Bertz CT molecular complexity index is 789. The van der Waals surface area contributed by atoms with Crippen molar-refractivity contribution in [2.24, 2.45) is 34.0 Å². The molecule has 2 heterocycles. The minimum Gasteiger partial charge on any atom is -0.388 e. The summed E-state index contributed by atoms with van der Waals surface area (Å²) in [6.45, 7) is 12.0. The second kappa shape index (κ2) is 6.72. The van der Waals surface area contributed by atoms with E-state index in [0.717, 1.165) is 18.4 Å². The summed E-state index contributed by atoms with van der Waals surface area (Å²) in [6, 6.07) is 0. The summed E-state index contributed by atoms with van der Waals surface area (Å²) in [5, 5.41) is 22.6. The van der Waals surface area contributed by atoms with E-state index in [0.29, 0.717) is 6.61 Å². The summed E-state index contributed by atoms with van der Waals surface area (Å²) >= 11 is 0. The van der Waals surface area contributed by atoms with E-state index < -0.39 is 40.3 Å². The molecule has 0 amide bonds. The van der Waals surface area contributed by atoms with Gasteiger partial charge in [0.25, 0.3) is 0 Å². The van der Waals surface area contributed by atoms with Crippen molar-refractivity contribution < 1.29 is 29.2 Å². The van der Waals surface area contributed by atoms with Crippen molar-refractivity contribution in [3.05, 3.63) is 24.3 Å². The Hall–Kier alpha value is -1.05. The molecule has 0 radical (unpaired) electrons. The number of carbonyl (C=O) groups excluding carboxylic acids is 1. The van der Waals surface area contributed by atoms with Gasteiger partial charge < -0.3 is 24.4 Å². The smallest absolute Gasteiger partial charge is 0.210 e. The zero-order chi connectivity index (χ0) is 22.3. The number of carbonyl (C=O) groups is 1. The van der Waals surface area contributed by atoms with Gasteiger partial charge in [0.2, 0.25) is 5.79 Å². The number of hydrogen-bond donors (Lipinski definition) is 2. The molecule has 2 saturated carbocycles. The van der Waals surface area contributed by atoms with E-state index in [4.69, 9.17) is 14.2 Å². The van der Waals surface area contributed by atoms with E-state index in [9.17, 15) is 15.0 Å². The van der Waals surface area contributed by atoms with Crippen LogP contribution in [0.1, 0.15) is 40.5 Å². The Morgan fingerprint density at radius 2 is 1.87 bits per heavy atom. The highest BCUT2D eigenvalue weighted by molar-refractivity contribution is 5.86. The van der Waals surface area contributed by atoms with Crippen LogP contribution in [-0.2, 0) is 19.0 Å². The summed E-state index contributed by atoms with van der Waals surface area (Å²) < 4.78 is 18.5. The van der Waals surface area contributed by atoms with Gasteiger partial charge in [-0.05, 0) is 32.6 Å². The molecule has 30 heavy (non-hydrogen) atoms. The molecule has 3 aliphatic carbocycles. The fourth-order valence-electron chi connectivity index (χ4n) is 7.94. The molecule has 6 heteroatoms. The number of fused-ring (bicyclic) bond motifs is 1. The van der Waals surface area contributed by atoms with Gasteiger partial charge in [-0.25, -0.2) is 0 Å². The molecule has 2 saturated heterocycles. The second-order valence-corrected chi connectivity index (χ2v) is 10.5. The Kier molecular flexibility index (Phi) is 4.96. The average Bonchev–Trinajstić information content (AvgIpc) is 2.69. The molecule has 168 valence electrons. The van der Waals surface area contributed by atoms with Gasteiger partial charge >= 0.3 is 0 Å². The topological polar surface area (TPSA) is 85.2 Å². The van der Waals surface area contributed by atoms with Gasteiger partial charge in [0.15, 0.2) is 0 Å². The third kappa shape index (κ3) is 2.19. The number of ketones is 1. The highest BCUT2D eigenvalue weighted by Crippen LogP contribution is 2.74. The maximum Gasteiger partial charge on any atom is 0.210 e. The van der Waals surface area contributed by atoms with Crippen LogP contribution in [0.3, 0.4) is 0 Å². The monoisotopic (exact) mass is 420 g/mol.